The number of nitrogens with zero attached hydrogens (tertiary/aromatic N) is 2. The summed E-state index contributed by atoms with van der Waals surface area (Å²) in [7, 11) is 0. The van der Waals surface area contributed by atoms with Crippen molar-refractivity contribution in [3.05, 3.63) is 36.3 Å². The molecule has 0 aromatic carbocycles. The molecule has 3 rings (SSSR count). The topological polar surface area (TPSA) is 52.5 Å². The van der Waals surface area contributed by atoms with E-state index in [9.17, 15) is 0 Å². The van der Waals surface area contributed by atoms with Crippen molar-refractivity contribution < 1.29 is 4.74 Å². The van der Waals surface area contributed by atoms with Crippen LogP contribution in [0.3, 0.4) is 0 Å². The Morgan fingerprint density at radius 2 is 2.29 bits per heavy atom. The van der Waals surface area contributed by atoms with Crippen molar-refractivity contribution in [1.82, 2.24) is 9.38 Å². The molecule has 4 nitrogen and oxygen atoms in total. The van der Waals surface area contributed by atoms with Crippen LogP contribution in [0.5, 0.6) is 0 Å². The van der Waals surface area contributed by atoms with Gasteiger partial charge in [0.2, 0.25) is 0 Å². The highest BCUT2D eigenvalue weighted by Gasteiger charge is 2.28. The van der Waals surface area contributed by atoms with Crippen molar-refractivity contribution in [2.45, 2.75) is 25.6 Å². The quantitative estimate of drug-likeness (QED) is 0.869. The van der Waals surface area contributed by atoms with E-state index in [-0.39, 0.29) is 0 Å². The first-order valence-corrected chi connectivity index (χ1v) is 6.09. The standard InChI is InChI=1S/C13H17N3O/c14-7-10-5-12(6-10)17-9-11-8-16-4-2-1-3-13(16)15-11/h1-4,8,10,12H,5-7,9,14H2. The van der Waals surface area contributed by atoms with Crippen LogP contribution in [0.4, 0.5) is 0 Å². The van der Waals surface area contributed by atoms with Gasteiger partial charge in [-0.1, -0.05) is 6.07 Å². The molecule has 2 aromatic rings. The number of pyridine rings is 1. The van der Waals surface area contributed by atoms with E-state index in [1.54, 1.807) is 0 Å². The van der Waals surface area contributed by atoms with Crippen molar-refractivity contribution in [3.63, 3.8) is 0 Å². The molecule has 1 aliphatic carbocycles. The SMILES string of the molecule is NCC1CC(OCc2cn3ccccc3n2)C1. The Labute approximate surface area is 100 Å². The largest absolute Gasteiger partial charge is 0.372 e. The lowest BCUT2D eigenvalue weighted by Crippen LogP contribution is -2.35. The van der Waals surface area contributed by atoms with Crippen molar-refractivity contribution in [3.8, 4) is 0 Å². The average Bonchev–Trinajstić information content (AvgIpc) is 2.69. The molecule has 0 radical (unpaired) electrons. The zero-order valence-electron chi connectivity index (χ0n) is 9.75. The third-order valence-electron chi connectivity index (χ3n) is 3.41. The van der Waals surface area contributed by atoms with Gasteiger partial charge in [-0.05, 0) is 37.4 Å². The maximum absolute atomic E-state index is 5.79. The fourth-order valence-corrected chi connectivity index (χ4v) is 2.26. The second-order valence-corrected chi connectivity index (χ2v) is 4.70. The summed E-state index contributed by atoms with van der Waals surface area (Å²) in [4.78, 5) is 4.50. The molecule has 0 bridgehead atoms. The molecule has 2 N–H and O–H groups in total. The van der Waals surface area contributed by atoms with E-state index in [0.29, 0.717) is 18.6 Å². The summed E-state index contributed by atoms with van der Waals surface area (Å²) in [6, 6.07) is 5.99. The Bertz CT molecular complexity index is 469. The number of aromatic nitrogens is 2. The van der Waals surface area contributed by atoms with E-state index >= 15 is 0 Å². The van der Waals surface area contributed by atoms with Gasteiger partial charge in [-0.25, -0.2) is 4.98 Å². The molecule has 0 saturated heterocycles. The second-order valence-electron chi connectivity index (χ2n) is 4.70. The number of hydrogen-bond donors (Lipinski definition) is 1. The molecule has 0 atom stereocenters. The molecule has 90 valence electrons. The molecule has 1 aliphatic rings. The molecule has 2 heterocycles. The lowest BCUT2D eigenvalue weighted by atomic mass is 9.82. The van der Waals surface area contributed by atoms with Crippen LogP contribution in [0.15, 0.2) is 30.6 Å². The van der Waals surface area contributed by atoms with Gasteiger partial charge < -0.3 is 14.9 Å². The number of ether oxygens (including phenoxy) is 1. The van der Waals surface area contributed by atoms with Crippen molar-refractivity contribution in [1.29, 1.82) is 0 Å². The summed E-state index contributed by atoms with van der Waals surface area (Å²) in [5.74, 6) is 0.668. The first-order valence-electron chi connectivity index (χ1n) is 6.09. The molecule has 1 saturated carbocycles. The lowest BCUT2D eigenvalue weighted by Gasteiger charge is -2.33. The predicted octanol–water partition coefficient (Wildman–Crippen LogP) is 1.59. The van der Waals surface area contributed by atoms with Crippen molar-refractivity contribution in [2.75, 3.05) is 6.54 Å². The van der Waals surface area contributed by atoms with Crippen molar-refractivity contribution >= 4 is 5.65 Å². The molecule has 0 spiro atoms. The van der Waals surface area contributed by atoms with E-state index in [1.807, 2.05) is 35.0 Å². The van der Waals surface area contributed by atoms with Gasteiger partial charge >= 0.3 is 0 Å². The van der Waals surface area contributed by atoms with Gasteiger partial charge in [0.1, 0.15) is 5.65 Å². The summed E-state index contributed by atoms with van der Waals surface area (Å²) in [5, 5.41) is 0. The molecular formula is C13H17N3O. The van der Waals surface area contributed by atoms with E-state index in [1.165, 1.54) is 0 Å². The number of hydrogen-bond acceptors (Lipinski definition) is 3. The minimum Gasteiger partial charge on any atom is -0.372 e. The fraction of sp³-hybridized carbons (Fsp3) is 0.462. The van der Waals surface area contributed by atoms with Crippen LogP contribution in [0, 0.1) is 5.92 Å². The summed E-state index contributed by atoms with van der Waals surface area (Å²) < 4.78 is 7.81. The first-order chi connectivity index (χ1) is 8.35. The van der Waals surface area contributed by atoms with Gasteiger partial charge in [0, 0.05) is 12.4 Å². The Hall–Kier alpha value is -1.39. The molecule has 4 heteroatoms. The van der Waals surface area contributed by atoms with Crippen LogP contribution < -0.4 is 5.73 Å². The third-order valence-corrected chi connectivity index (χ3v) is 3.41. The fourth-order valence-electron chi connectivity index (χ4n) is 2.26. The summed E-state index contributed by atoms with van der Waals surface area (Å²) in [6.07, 6.45) is 6.61. The van der Waals surface area contributed by atoms with E-state index < -0.39 is 0 Å². The third kappa shape index (κ3) is 2.18. The Balaban J connectivity index is 1.58. The zero-order valence-corrected chi connectivity index (χ0v) is 9.75. The Morgan fingerprint density at radius 3 is 3.06 bits per heavy atom. The van der Waals surface area contributed by atoms with Crippen LogP contribution in [0.1, 0.15) is 18.5 Å². The number of imidazole rings is 1. The van der Waals surface area contributed by atoms with E-state index in [0.717, 1.165) is 30.7 Å². The minimum absolute atomic E-state index is 0.383. The summed E-state index contributed by atoms with van der Waals surface area (Å²) >= 11 is 0. The van der Waals surface area contributed by atoms with E-state index in [4.69, 9.17) is 10.5 Å². The molecule has 0 unspecified atom stereocenters. The Kier molecular flexibility index (Phi) is 2.82. The highest BCUT2D eigenvalue weighted by Crippen LogP contribution is 2.29. The van der Waals surface area contributed by atoms with Gasteiger partial charge in [0.25, 0.3) is 0 Å². The van der Waals surface area contributed by atoms with Gasteiger partial charge in [0.15, 0.2) is 0 Å². The van der Waals surface area contributed by atoms with E-state index in [2.05, 4.69) is 4.98 Å². The summed E-state index contributed by atoms with van der Waals surface area (Å²) in [6.45, 7) is 1.39. The molecule has 0 aliphatic heterocycles. The van der Waals surface area contributed by atoms with Gasteiger partial charge in [-0.2, -0.15) is 0 Å². The summed E-state index contributed by atoms with van der Waals surface area (Å²) in [5.41, 5.74) is 7.55. The van der Waals surface area contributed by atoms with Crippen LogP contribution in [-0.2, 0) is 11.3 Å². The number of fused-ring (bicyclic) bond motifs is 1. The maximum Gasteiger partial charge on any atom is 0.137 e. The van der Waals surface area contributed by atoms with Crippen molar-refractivity contribution in [2.24, 2.45) is 11.7 Å². The van der Waals surface area contributed by atoms with Crippen LogP contribution in [0.25, 0.3) is 5.65 Å². The minimum atomic E-state index is 0.383. The molecule has 17 heavy (non-hydrogen) atoms. The lowest BCUT2D eigenvalue weighted by molar-refractivity contribution is -0.0386. The molecule has 0 amide bonds. The number of rotatable bonds is 4. The highest BCUT2D eigenvalue weighted by atomic mass is 16.5. The molecule has 1 fully saturated rings. The van der Waals surface area contributed by atoms with Gasteiger partial charge in [-0.15, -0.1) is 0 Å². The van der Waals surface area contributed by atoms with Gasteiger partial charge in [-0.3, -0.25) is 0 Å². The Morgan fingerprint density at radius 1 is 1.41 bits per heavy atom. The predicted molar refractivity (Wildman–Crippen MR) is 65.5 cm³/mol. The van der Waals surface area contributed by atoms with Gasteiger partial charge in [0.05, 0.1) is 18.4 Å². The van der Waals surface area contributed by atoms with Crippen LogP contribution >= 0.6 is 0 Å². The average molecular weight is 231 g/mol. The zero-order chi connectivity index (χ0) is 11.7. The molecule has 2 aromatic heterocycles. The molecular weight excluding hydrogens is 214 g/mol. The highest BCUT2D eigenvalue weighted by molar-refractivity contribution is 5.39. The second kappa shape index (κ2) is 4.47. The number of nitrogens with two attached hydrogens (primary N) is 1. The smallest absolute Gasteiger partial charge is 0.137 e. The first kappa shape index (κ1) is 10.7. The van der Waals surface area contributed by atoms with Crippen LogP contribution in [0.2, 0.25) is 0 Å². The van der Waals surface area contributed by atoms with Crippen LogP contribution in [-0.4, -0.2) is 22.0 Å². The maximum atomic E-state index is 5.79. The normalized spacial score (nSPS) is 23.8. The monoisotopic (exact) mass is 231 g/mol.